The summed E-state index contributed by atoms with van der Waals surface area (Å²) >= 11 is 0. The normalized spacial score (nSPS) is 36.3. The van der Waals surface area contributed by atoms with E-state index < -0.39 is 0 Å². The Morgan fingerprint density at radius 2 is 1.94 bits per heavy atom. The van der Waals surface area contributed by atoms with E-state index in [9.17, 15) is 0 Å². The molecular formula is C15H29BN2. The molecule has 0 bridgehead atoms. The first-order valence-corrected chi connectivity index (χ1v) is 7.87. The lowest BCUT2D eigenvalue weighted by Crippen LogP contribution is -2.40. The average molecular weight is 248 g/mol. The fourth-order valence-corrected chi connectivity index (χ4v) is 4.06. The minimum Gasteiger partial charge on any atom is -0.355 e. The molecule has 1 aliphatic heterocycles. The molecule has 18 heavy (non-hydrogen) atoms. The second-order valence-corrected chi connectivity index (χ2v) is 6.65. The minimum absolute atomic E-state index is 0.606. The Hall–Kier alpha value is -0.465. The summed E-state index contributed by atoms with van der Waals surface area (Å²) in [5.74, 6) is 3.13. The Morgan fingerprint density at radius 3 is 2.61 bits per heavy atom. The number of hydrogen-bond donors (Lipinski definition) is 0. The summed E-state index contributed by atoms with van der Waals surface area (Å²) in [6.07, 6.45) is 9.73. The predicted octanol–water partition coefficient (Wildman–Crippen LogP) is 2.89. The third kappa shape index (κ3) is 2.92. The number of hydrogen-bond acceptors (Lipinski definition) is 1. The predicted molar refractivity (Wildman–Crippen MR) is 82.2 cm³/mol. The third-order valence-corrected chi connectivity index (χ3v) is 4.86. The summed E-state index contributed by atoms with van der Waals surface area (Å²) in [4.78, 5) is 7.19. The highest BCUT2D eigenvalue weighted by molar-refractivity contribution is 6.11. The molecule has 2 nitrogen and oxygen atoms in total. The van der Waals surface area contributed by atoms with Crippen LogP contribution in [-0.2, 0) is 0 Å². The SMILES string of the molecule is BC1CCCCCC2C(C/C(=N\C)N2C(C)C)C1. The summed E-state index contributed by atoms with van der Waals surface area (Å²) in [7, 11) is 4.42. The van der Waals surface area contributed by atoms with Crippen molar-refractivity contribution in [1.29, 1.82) is 0 Å². The maximum Gasteiger partial charge on any atom is 0.105 e. The van der Waals surface area contributed by atoms with Crippen LogP contribution in [0.2, 0.25) is 5.82 Å². The topological polar surface area (TPSA) is 15.6 Å². The number of rotatable bonds is 1. The molecule has 0 N–H and O–H groups in total. The Kier molecular flexibility index (Phi) is 4.74. The van der Waals surface area contributed by atoms with Crippen LogP contribution >= 0.6 is 0 Å². The molecule has 0 amide bonds. The van der Waals surface area contributed by atoms with Crippen molar-refractivity contribution in [3.63, 3.8) is 0 Å². The van der Waals surface area contributed by atoms with Crippen LogP contribution in [0.4, 0.5) is 0 Å². The second kappa shape index (κ2) is 6.12. The molecule has 2 rings (SSSR count). The van der Waals surface area contributed by atoms with E-state index in [1.807, 2.05) is 7.05 Å². The highest BCUT2D eigenvalue weighted by atomic mass is 15.3. The van der Waals surface area contributed by atoms with E-state index in [-0.39, 0.29) is 0 Å². The van der Waals surface area contributed by atoms with Crippen LogP contribution < -0.4 is 0 Å². The van der Waals surface area contributed by atoms with E-state index >= 15 is 0 Å². The van der Waals surface area contributed by atoms with Crippen LogP contribution in [-0.4, -0.2) is 37.7 Å². The number of fused-ring (bicyclic) bond motifs is 1. The van der Waals surface area contributed by atoms with E-state index in [0.717, 1.165) is 17.8 Å². The molecule has 1 saturated heterocycles. The largest absolute Gasteiger partial charge is 0.355 e. The van der Waals surface area contributed by atoms with Crippen LogP contribution in [0.1, 0.15) is 58.8 Å². The van der Waals surface area contributed by atoms with Gasteiger partial charge < -0.3 is 4.90 Å². The average Bonchev–Trinajstić information content (AvgIpc) is 2.68. The van der Waals surface area contributed by atoms with E-state index in [1.54, 1.807) is 0 Å². The highest BCUT2D eigenvalue weighted by Gasteiger charge is 2.39. The molecular weight excluding hydrogens is 219 g/mol. The van der Waals surface area contributed by atoms with Crippen molar-refractivity contribution in [2.45, 2.75) is 76.7 Å². The van der Waals surface area contributed by atoms with Crippen molar-refractivity contribution in [3.8, 4) is 0 Å². The van der Waals surface area contributed by atoms with E-state index in [4.69, 9.17) is 0 Å². The van der Waals surface area contributed by atoms with Gasteiger partial charge in [0.05, 0.1) is 5.84 Å². The second-order valence-electron chi connectivity index (χ2n) is 6.65. The maximum absolute atomic E-state index is 4.57. The van der Waals surface area contributed by atoms with Crippen molar-refractivity contribution >= 4 is 13.7 Å². The lowest BCUT2D eigenvalue weighted by molar-refractivity contribution is 0.216. The zero-order valence-electron chi connectivity index (χ0n) is 12.7. The van der Waals surface area contributed by atoms with Crippen LogP contribution in [0.3, 0.4) is 0 Å². The first-order chi connectivity index (χ1) is 8.63. The molecule has 2 fully saturated rings. The molecule has 2 aliphatic rings. The number of nitrogens with zero attached hydrogens (tertiary/aromatic N) is 2. The first kappa shape index (κ1) is 14.0. The Morgan fingerprint density at radius 1 is 1.22 bits per heavy atom. The number of aliphatic imine (C=N–C) groups is 1. The van der Waals surface area contributed by atoms with Gasteiger partial charge in [-0.15, -0.1) is 0 Å². The number of amidine groups is 1. The van der Waals surface area contributed by atoms with Gasteiger partial charge in [-0.05, 0) is 26.2 Å². The molecule has 3 unspecified atom stereocenters. The summed E-state index contributed by atoms with van der Waals surface area (Å²) in [5.41, 5.74) is 0. The first-order valence-electron chi connectivity index (χ1n) is 7.87. The summed E-state index contributed by atoms with van der Waals surface area (Å²) < 4.78 is 0. The standard InChI is InChI=1S/C15H29BN2/c1-11(2)18-14-8-6-4-5-7-13(16)9-12(14)10-15(18)17-3/h11-14H,4-10,16H2,1-3H3/b17-15+. The van der Waals surface area contributed by atoms with Gasteiger partial charge in [0.15, 0.2) is 0 Å². The van der Waals surface area contributed by atoms with Gasteiger partial charge >= 0.3 is 0 Å². The van der Waals surface area contributed by atoms with E-state index in [0.29, 0.717) is 6.04 Å². The molecule has 1 saturated carbocycles. The van der Waals surface area contributed by atoms with Crippen molar-refractivity contribution in [3.05, 3.63) is 0 Å². The van der Waals surface area contributed by atoms with Gasteiger partial charge in [-0.2, -0.15) is 0 Å². The van der Waals surface area contributed by atoms with Crippen molar-refractivity contribution < 1.29 is 0 Å². The lowest BCUT2D eigenvalue weighted by atomic mass is 9.75. The Labute approximate surface area is 114 Å². The maximum atomic E-state index is 4.57. The Bertz CT molecular complexity index is 301. The van der Waals surface area contributed by atoms with Gasteiger partial charge in [-0.1, -0.05) is 37.9 Å². The highest BCUT2D eigenvalue weighted by Crippen LogP contribution is 2.38. The van der Waals surface area contributed by atoms with E-state index in [2.05, 4.69) is 31.6 Å². The van der Waals surface area contributed by atoms with Gasteiger partial charge in [-0.3, -0.25) is 4.99 Å². The Balaban J connectivity index is 2.17. The molecule has 0 spiro atoms. The fourth-order valence-electron chi connectivity index (χ4n) is 4.06. The summed E-state index contributed by atoms with van der Waals surface area (Å²) in [5, 5.41) is 0. The molecule has 0 radical (unpaired) electrons. The third-order valence-electron chi connectivity index (χ3n) is 4.86. The number of likely N-dealkylation sites (tertiary alicyclic amines) is 1. The van der Waals surface area contributed by atoms with Crippen LogP contribution in [0.15, 0.2) is 4.99 Å². The zero-order chi connectivity index (χ0) is 13.1. The smallest absolute Gasteiger partial charge is 0.105 e. The van der Waals surface area contributed by atoms with Gasteiger partial charge in [0.1, 0.15) is 7.85 Å². The molecule has 3 atom stereocenters. The monoisotopic (exact) mass is 248 g/mol. The minimum atomic E-state index is 0.606. The lowest BCUT2D eigenvalue weighted by Gasteiger charge is -2.33. The molecule has 3 heteroatoms. The molecule has 102 valence electrons. The summed E-state index contributed by atoms with van der Waals surface area (Å²) in [6, 6.07) is 1.37. The van der Waals surface area contributed by atoms with E-state index in [1.165, 1.54) is 50.8 Å². The van der Waals surface area contributed by atoms with Gasteiger partial charge in [0.2, 0.25) is 0 Å². The molecule has 0 aromatic rings. The van der Waals surface area contributed by atoms with Crippen LogP contribution in [0, 0.1) is 5.92 Å². The van der Waals surface area contributed by atoms with Crippen molar-refractivity contribution in [2.24, 2.45) is 10.9 Å². The summed E-state index contributed by atoms with van der Waals surface area (Å²) in [6.45, 7) is 4.65. The van der Waals surface area contributed by atoms with Gasteiger partial charge in [0.25, 0.3) is 0 Å². The van der Waals surface area contributed by atoms with Gasteiger partial charge in [0, 0.05) is 25.6 Å². The van der Waals surface area contributed by atoms with Gasteiger partial charge in [-0.25, -0.2) is 0 Å². The quantitative estimate of drug-likeness (QED) is 0.651. The van der Waals surface area contributed by atoms with Crippen molar-refractivity contribution in [2.75, 3.05) is 7.05 Å². The fraction of sp³-hybridized carbons (Fsp3) is 0.933. The van der Waals surface area contributed by atoms with Crippen LogP contribution in [0.25, 0.3) is 0 Å². The molecule has 0 aromatic carbocycles. The zero-order valence-corrected chi connectivity index (χ0v) is 12.7. The molecule has 1 aliphatic carbocycles. The molecule has 1 heterocycles. The molecule has 0 aromatic heterocycles. The van der Waals surface area contributed by atoms with Crippen LogP contribution in [0.5, 0.6) is 0 Å². The van der Waals surface area contributed by atoms with Crippen molar-refractivity contribution in [1.82, 2.24) is 4.90 Å².